The van der Waals surface area contributed by atoms with E-state index in [1.54, 1.807) is 54.6 Å². The van der Waals surface area contributed by atoms with Crippen molar-refractivity contribution in [2.24, 2.45) is 0 Å². The van der Waals surface area contributed by atoms with Crippen LogP contribution in [-0.2, 0) is 16.2 Å². The van der Waals surface area contributed by atoms with Crippen molar-refractivity contribution in [2.75, 3.05) is 4.90 Å². The molecule has 35 heavy (non-hydrogen) atoms. The summed E-state index contributed by atoms with van der Waals surface area (Å²) in [4.78, 5) is 49.6. The summed E-state index contributed by atoms with van der Waals surface area (Å²) < 4.78 is 7.15. The average molecular weight is 600 g/mol. The largest absolute Gasteiger partial charge is 0.488 e. The highest BCUT2D eigenvalue weighted by Crippen LogP contribution is 2.29. The molecule has 1 aliphatic rings. The number of barbiturate groups is 1. The molecule has 176 valence electrons. The zero-order valence-electron chi connectivity index (χ0n) is 17.8. The third kappa shape index (κ3) is 5.50. The lowest BCUT2D eigenvalue weighted by atomic mass is 10.1. The zero-order valence-corrected chi connectivity index (χ0v) is 21.0. The minimum Gasteiger partial charge on any atom is -0.488 e. The number of halogens is 2. The van der Waals surface area contributed by atoms with E-state index in [-0.39, 0.29) is 17.7 Å². The summed E-state index contributed by atoms with van der Waals surface area (Å²) in [6.07, 6.45) is 1.40. The summed E-state index contributed by atoms with van der Waals surface area (Å²) in [6.45, 7) is 0.212. The molecule has 0 saturated carbocycles. The standard InChI is InChI=1S/C25H16Br2N2O6/c26-17-6-8-18(9-7-17)29-23(31)19(22(30)28-25(29)34)11-15-3-10-21(20(27)12-15)35-13-14-1-4-16(5-2-14)24(32)33/h1-12H,13H2,(H,32,33)(H,28,30,34). The summed E-state index contributed by atoms with van der Waals surface area (Å²) in [5, 5.41) is 11.2. The predicted molar refractivity (Wildman–Crippen MR) is 135 cm³/mol. The van der Waals surface area contributed by atoms with Gasteiger partial charge in [0.05, 0.1) is 15.7 Å². The van der Waals surface area contributed by atoms with Gasteiger partial charge >= 0.3 is 12.0 Å². The fraction of sp³-hybridized carbons (Fsp3) is 0.0400. The fourth-order valence-corrected chi connectivity index (χ4v) is 4.05. The van der Waals surface area contributed by atoms with Crippen molar-refractivity contribution < 1.29 is 29.0 Å². The molecule has 1 fully saturated rings. The van der Waals surface area contributed by atoms with Crippen molar-refractivity contribution in [2.45, 2.75) is 6.61 Å². The Kier molecular flexibility index (Phi) is 7.13. The molecular formula is C25H16Br2N2O6. The Balaban J connectivity index is 1.52. The number of aromatic carboxylic acids is 1. The topological polar surface area (TPSA) is 113 Å². The fourth-order valence-electron chi connectivity index (χ4n) is 3.28. The first-order chi connectivity index (χ1) is 16.7. The number of nitrogens with one attached hydrogen (secondary N) is 1. The second-order valence-corrected chi connectivity index (χ2v) is 9.18. The van der Waals surface area contributed by atoms with Crippen LogP contribution in [0.5, 0.6) is 5.75 Å². The van der Waals surface area contributed by atoms with Crippen molar-refractivity contribution >= 4 is 67.4 Å². The number of benzene rings is 3. The maximum absolute atomic E-state index is 13.0. The number of carbonyl (C=O) groups is 4. The molecule has 10 heteroatoms. The zero-order chi connectivity index (χ0) is 25.1. The number of carboxylic acids is 1. The van der Waals surface area contributed by atoms with Gasteiger partial charge in [-0.1, -0.05) is 34.1 Å². The lowest BCUT2D eigenvalue weighted by molar-refractivity contribution is -0.122. The normalized spacial score (nSPS) is 14.7. The number of carbonyl (C=O) groups excluding carboxylic acids is 3. The number of imide groups is 2. The third-order valence-corrected chi connectivity index (χ3v) is 6.20. The van der Waals surface area contributed by atoms with Crippen molar-refractivity contribution in [3.05, 3.63) is 97.9 Å². The molecule has 0 radical (unpaired) electrons. The van der Waals surface area contributed by atoms with Gasteiger partial charge in [0, 0.05) is 4.47 Å². The number of urea groups is 1. The van der Waals surface area contributed by atoms with Crippen LogP contribution in [0.4, 0.5) is 10.5 Å². The van der Waals surface area contributed by atoms with Gasteiger partial charge in [0.2, 0.25) is 0 Å². The molecule has 2 N–H and O–H groups in total. The number of hydrogen-bond acceptors (Lipinski definition) is 5. The number of amides is 4. The van der Waals surface area contributed by atoms with Crippen molar-refractivity contribution in [1.29, 1.82) is 0 Å². The second kappa shape index (κ2) is 10.2. The summed E-state index contributed by atoms with van der Waals surface area (Å²) in [6, 6.07) is 17.1. The van der Waals surface area contributed by atoms with Gasteiger partial charge < -0.3 is 9.84 Å². The summed E-state index contributed by atoms with van der Waals surface area (Å²) in [5.41, 5.74) is 1.66. The highest BCUT2D eigenvalue weighted by molar-refractivity contribution is 9.10. The van der Waals surface area contributed by atoms with Crippen LogP contribution in [0.25, 0.3) is 6.08 Å². The number of ether oxygens (including phenoxy) is 1. The first-order valence-corrected chi connectivity index (χ1v) is 11.7. The molecule has 3 aromatic carbocycles. The van der Waals surface area contributed by atoms with Crippen molar-refractivity contribution in [1.82, 2.24) is 5.32 Å². The van der Waals surface area contributed by atoms with E-state index in [4.69, 9.17) is 9.84 Å². The van der Waals surface area contributed by atoms with Gasteiger partial charge in [-0.05, 0) is 81.7 Å². The Morgan fingerprint density at radius 1 is 0.971 bits per heavy atom. The maximum Gasteiger partial charge on any atom is 0.335 e. The summed E-state index contributed by atoms with van der Waals surface area (Å²) in [5.74, 6) is -2.00. The van der Waals surface area contributed by atoms with Crippen molar-refractivity contribution in [3.63, 3.8) is 0 Å². The highest BCUT2D eigenvalue weighted by atomic mass is 79.9. The minimum absolute atomic E-state index is 0.188. The first kappa shape index (κ1) is 24.4. The van der Waals surface area contributed by atoms with Gasteiger partial charge in [0.1, 0.15) is 17.9 Å². The summed E-state index contributed by atoms with van der Waals surface area (Å²) >= 11 is 6.73. The molecule has 8 nitrogen and oxygen atoms in total. The van der Waals surface area contributed by atoms with Crippen LogP contribution in [-0.4, -0.2) is 28.9 Å². The molecule has 0 aromatic heterocycles. The maximum atomic E-state index is 13.0. The van der Waals surface area contributed by atoms with E-state index < -0.39 is 23.8 Å². The quantitative estimate of drug-likeness (QED) is 0.299. The highest BCUT2D eigenvalue weighted by Gasteiger charge is 2.36. The first-order valence-electron chi connectivity index (χ1n) is 10.1. The molecule has 0 unspecified atom stereocenters. The molecular weight excluding hydrogens is 584 g/mol. The number of nitrogens with zero attached hydrogens (tertiary/aromatic N) is 1. The van der Waals surface area contributed by atoms with Crippen LogP contribution >= 0.6 is 31.9 Å². The van der Waals surface area contributed by atoms with Gasteiger partial charge in [-0.15, -0.1) is 0 Å². The number of hydrogen-bond donors (Lipinski definition) is 2. The number of anilines is 1. The van der Waals surface area contributed by atoms with Crippen LogP contribution in [0.3, 0.4) is 0 Å². The smallest absolute Gasteiger partial charge is 0.335 e. The van der Waals surface area contributed by atoms with E-state index in [0.717, 1.165) is 14.9 Å². The molecule has 0 bridgehead atoms. The number of rotatable bonds is 6. The average Bonchev–Trinajstić information content (AvgIpc) is 2.82. The predicted octanol–water partition coefficient (Wildman–Crippen LogP) is 5.16. The Labute approximate surface area is 216 Å². The Bertz CT molecular complexity index is 1370. The Morgan fingerprint density at radius 2 is 1.66 bits per heavy atom. The van der Waals surface area contributed by atoms with Gasteiger partial charge in [-0.3, -0.25) is 14.9 Å². The molecule has 0 aliphatic carbocycles. The van der Waals surface area contributed by atoms with Gasteiger partial charge in [0.25, 0.3) is 11.8 Å². The third-order valence-electron chi connectivity index (χ3n) is 5.05. The van der Waals surface area contributed by atoms with Gasteiger partial charge in [-0.2, -0.15) is 0 Å². The van der Waals surface area contributed by atoms with Crippen LogP contribution in [0.1, 0.15) is 21.5 Å². The monoisotopic (exact) mass is 598 g/mol. The lowest BCUT2D eigenvalue weighted by Crippen LogP contribution is -2.54. The summed E-state index contributed by atoms with van der Waals surface area (Å²) in [7, 11) is 0. The van der Waals surface area contributed by atoms with E-state index in [0.29, 0.717) is 21.5 Å². The van der Waals surface area contributed by atoms with E-state index in [1.807, 2.05) is 0 Å². The van der Waals surface area contributed by atoms with E-state index in [1.165, 1.54) is 18.2 Å². The van der Waals surface area contributed by atoms with E-state index in [9.17, 15) is 19.2 Å². The van der Waals surface area contributed by atoms with Crippen LogP contribution in [0.2, 0.25) is 0 Å². The molecule has 0 spiro atoms. The number of carboxylic acid groups (broad SMARTS) is 1. The lowest BCUT2D eigenvalue weighted by Gasteiger charge is -2.26. The van der Waals surface area contributed by atoms with Crippen molar-refractivity contribution in [3.8, 4) is 5.75 Å². The van der Waals surface area contributed by atoms with Crippen LogP contribution < -0.4 is 15.0 Å². The minimum atomic E-state index is -1.00. The SMILES string of the molecule is O=C1NC(=O)N(c2ccc(Br)cc2)C(=O)C1=Cc1ccc(OCc2ccc(C(=O)O)cc2)c(Br)c1. The van der Waals surface area contributed by atoms with Gasteiger partial charge in [0.15, 0.2) is 0 Å². The molecule has 4 rings (SSSR count). The van der Waals surface area contributed by atoms with Crippen LogP contribution in [0.15, 0.2) is 81.2 Å². The Hall–Kier alpha value is -3.76. The van der Waals surface area contributed by atoms with E-state index >= 15 is 0 Å². The molecule has 0 atom stereocenters. The van der Waals surface area contributed by atoms with Gasteiger partial charge in [-0.25, -0.2) is 14.5 Å². The molecule has 1 heterocycles. The molecule has 1 saturated heterocycles. The molecule has 1 aliphatic heterocycles. The Morgan fingerprint density at radius 3 is 2.29 bits per heavy atom. The van der Waals surface area contributed by atoms with E-state index in [2.05, 4.69) is 37.2 Å². The second-order valence-electron chi connectivity index (χ2n) is 7.41. The molecule has 4 amide bonds. The van der Waals surface area contributed by atoms with Crippen LogP contribution in [0, 0.1) is 0 Å². The molecule has 3 aromatic rings.